The number of benzene rings is 1. The molecule has 1 aromatic carbocycles. The molecular weight excluding hydrogens is 413 g/mol. The highest BCUT2D eigenvalue weighted by atomic mass is 32.1. The van der Waals surface area contributed by atoms with Crippen LogP contribution in [0.2, 0.25) is 0 Å². The van der Waals surface area contributed by atoms with Gasteiger partial charge in [0.05, 0.1) is 11.9 Å². The van der Waals surface area contributed by atoms with E-state index in [1.54, 1.807) is 17.7 Å². The largest absolute Gasteiger partial charge is 0.355 e. The number of thiophene rings is 1. The zero-order valence-corrected chi connectivity index (χ0v) is 18.3. The summed E-state index contributed by atoms with van der Waals surface area (Å²) in [6, 6.07) is 6.59. The molecule has 6 nitrogen and oxygen atoms in total. The quantitative estimate of drug-likeness (QED) is 0.621. The first-order chi connectivity index (χ1) is 15.2. The molecule has 8 heteroatoms. The van der Waals surface area contributed by atoms with Crippen molar-refractivity contribution in [2.45, 2.75) is 19.3 Å². The third kappa shape index (κ3) is 4.27. The van der Waals surface area contributed by atoms with Gasteiger partial charge in [0.25, 0.3) is 0 Å². The fraction of sp³-hybridized carbons (Fsp3) is 0.435. The molecule has 0 bridgehead atoms. The summed E-state index contributed by atoms with van der Waals surface area (Å²) in [6.07, 6.45) is 4.86. The maximum Gasteiger partial charge on any atom is 0.236 e. The third-order valence-corrected chi connectivity index (χ3v) is 7.10. The minimum absolute atomic E-state index is 0.240. The second-order valence-corrected chi connectivity index (χ2v) is 9.10. The lowest BCUT2D eigenvalue weighted by molar-refractivity contribution is -0.131. The third-order valence-electron chi connectivity index (χ3n) is 6.21. The average molecular weight is 440 g/mol. The van der Waals surface area contributed by atoms with E-state index in [2.05, 4.69) is 25.1 Å². The van der Waals surface area contributed by atoms with Gasteiger partial charge < -0.3 is 9.80 Å². The van der Waals surface area contributed by atoms with Crippen LogP contribution >= 0.6 is 11.3 Å². The Morgan fingerprint density at radius 1 is 0.968 bits per heavy atom. The molecule has 4 heterocycles. The Labute approximate surface area is 185 Å². The number of fused-ring (bicyclic) bond motifs is 1. The predicted molar refractivity (Wildman–Crippen MR) is 122 cm³/mol. The smallest absolute Gasteiger partial charge is 0.236 e. The molecule has 0 aliphatic carbocycles. The van der Waals surface area contributed by atoms with Gasteiger partial charge in [-0.05, 0) is 37.0 Å². The fourth-order valence-electron chi connectivity index (χ4n) is 4.54. The van der Waals surface area contributed by atoms with Crippen molar-refractivity contribution in [3.8, 4) is 11.1 Å². The van der Waals surface area contributed by atoms with Crippen LogP contribution in [0.4, 0.5) is 10.2 Å². The van der Waals surface area contributed by atoms with E-state index < -0.39 is 0 Å². The highest BCUT2D eigenvalue weighted by molar-refractivity contribution is 7.17. The Balaban J connectivity index is 1.36. The average Bonchev–Trinajstić information content (AvgIpc) is 3.41. The van der Waals surface area contributed by atoms with Crippen molar-refractivity contribution < 1.29 is 9.18 Å². The number of amides is 1. The van der Waals surface area contributed by atoms with Gasteiger partial charge >= 0.3 is 0 Å². The van der Waals surface area contributed by atoms with Gasteiger partial charge in [0.2, 0.25) is 5.91 Å². The molecule has 0 radical (unpaired) electrons. The molecule has 2 aliphatic heterocycles. The van der Waals surface area contributed by atoms with Crippen LogP contribution in [0.25, 0.3) is 21.3 Å². The Bertz CT molecular complexity index is 1060. The summed E-state index contributed by atoms with van der Waals surface area (Å²) in [5.74, 6) is 0.945. The molecular formula is C23H26FN5OS. The summed E-state index contributed by atoms with van der Waals surface area (Å²) in [6.45, 7) is 5.77. The van der Waals surface area contributed by atoms with Crippen LogP contribution in [0.1, 0.15) is 19.3 Å². The van der Waals surface area contributed by atoms with Crippen molar-refractivity contribution in [3.63, 3.8) is 0 Å². The van der Waals surface area contributed by atoms with Crippen LogP contribution in [0, 0.1) is 5.82 Å². The van der Waals surface area contributed by atoms with Crippen molar-refractivity contribution in [2.75, 3.05) is 50.7 Å². The van der Waals surface area contributed by atoms with Gasteiger partial charge in [-0.3, -0.25) is 9.69 Å². The Hall–Kier alpha value is -2.58. The molecule has 0 N–H and O–H groups in total. The normalized spacial score (nSPS) is 18.0. The second kappa shape index (κ2) is 8.88. The molecule has 2 aromatic heterocycles. The summed E-state index contributed by atoms with van der Waals surface area (Å²) in [5.41, 5.74) is 2.01. The molecule has 1 amide bonds. The predicted octanol–water partition coefficient (Wildman–Crippen LogP) is 3.63. The maximum atomic E-state index is 13.4. The number of carbonyl (C=O) groups is 1. The Kier molecular flexibility index (Phi) is 5.82. The molecule has 162 valence electrons. The summed E-state index contributed by atoms with van der Waals surface area (Å²) in [5, 5.41) is 3.11. The van der Waals surface area contributed by atoms with E-state index in [1.165, 1.54) is 12.1 Å². The van der Waals surface area contributed by atoms with Crippen molar-refractivity contribution in [1.82, 2.24) is 19.8 Å². The standard InChI is InChI=1S/C23H26FN5OS/c24-18-6-4-17(5-7-18)19-15-31-23-21(19)22(25-16-26-23)29-11-3-8-27(12-13-29)14-20(30)28-9-1-2-10-28/h4-7,15-16H,1-3,8-14H2. The zero-order chi connectivity index (χ0) is 21.2. The first kappa shape index (κ1) is 20.3. The summed E-state index contributed by atoms with van der Waals surface area (Å²) >= 11 is 1.59. The highest BCUT2D eigenvalue weighted by Crippen LogP contribution is 2.38. The zero-order valence-electron chi connectivity index (χ0n) is 17.5. The number of carbonyl (C=O) groups excluding carboxylic acids is 1. The van der Waals surface area contributed by atoms with Crippen molar-refractivity contribution >= 4 is 33.3 Å². The van der Waals surface area contributed by atoms with Gasteiger partial charge in [-0.25, -0.2) is 14.4 Å². The molecule has 0 saturated carbocycles. The first-order valence-corrected chi connectivity index (χ1v) is 11.8. The number of likely N-dealkylation sites (tertiary alicyclic amines) is 1. The van der Waals surface area contributed by atoms with Crippen molar-refractivity contribution in [3.05, 3.63) is 41.8 Å². The van der Waals surface area contributed by atoms with Crippen LogP contribution < -0.4 is 4.90 Å². The van der Waals surface area contributed by atoms with E-state index in [9.17, 15) is 9.18 Å². The number of hydrogen-bond acceptors (Lipinski definition) is 6. The lowest BCUT2D eigenvalue weighted by Crippen LogP contribution is -2.40. The topological polar surface area (TPSA) is 52.6 Å². The Morgan fingerprint density at radius 2 is 1.77 bits per heavy atom. The number of rotatable bonds is 4. The van der Waals surface area contributed by atoms with Crippen LogP contribution in [0.15, 0.2) is 36.0 Å². The number of aromatic nitrogens is 2. The Morgan fingerprint density at radius 3 is 2.58 bits per heavy atom. The van der Waals surface area contributed by atoms with E-state index in [0.29, 0.717) is 6.54 Å². The molecule has 2 fully saturated rings. The lowest BCUT2D eigenvalue weighted by atomic mass is 10.1. The van der Waals surface area contributed by atoms with Crippen molar-refractivity contribution in [2.24, 2.45) is 0 Å². The molecule has 0 unspecified atom stereocenters. The van der Waals surface area contributed by atoms with Crippen LogP contribution in [-0.2, 0) is 4.79 Å². The van der Waals surface area contributed by atoms with E-state index in [0.717, 1.165) is 85.7 Å². The maximum absolute atomic E-state index is 13.4. The molecule has 0 atom stereocenters. The van der Waals surface area contributed by atoms with E-state index in [1.807, 2.05) is 17.0 Å². The first-order valence-electron chi connectivity index (χ1n) is 10.9. The lowest BCUT2D eigenvalue weighted by Gasteiger charge is -2.24. The molecule has 31 heavy (non-hydrogen) atoms. The minimum Gasteiger partial charge on any atom is -0.355 e. The minimum atomic E-state index is -0.240. The summed E-state index contributed by atoms with van der Waals surface area (Å²) < 4.78 is 13.4. The molecule has 2 saturated heterocycles. The van der Waals surface area contributed by atoms with Crippen molar-refractivity contribution in [1.29, 1.82) is 0 Å². The van der Waals surface area contributed by atoms with Crippen LogP contribution in [0.3, 0.4) is 0 Å². The van der Waals surface area contributed by atoms with Crippen LogP contribution in [-0.4, -0.2) is 71.5 Å². The number of nitrogens with zero attached hydrogens (tertiary/aromatic N) is 5. The second-order valence-electron chi connectivity index (χ2n) is 8.24. The van der Waals surface area contributed by atoms with E-state index in [4.69, 9.17) is 0 Å². The van der Waals surface area contributed by atoms with Gasteiger partial charge in [0.1, 0.15) is 22.8 Å². The summed E-state index contributed by atoms with van der Waals surface area (Å²) in [4.78, 5) is 29.2. The number of halogens is 1. The van der Waals surface area contributed by atoms with Crippen LogP contribution in [0.5, 0.6) is 0 Å². The van der Waals surface area contributed by atoms with Gasteiger partial charge in [0.15, 0.2) is 0 Å². The van der Waals surface area contributed by atoms with Gasteiger partial charge in [0, 0.05) is 50.2 Å². The fourth-order valence-corrected chi connectivity index (χ4v) is 5.45. The SMILES string of the molecule is O=C(CN1CCCN(c2ncnc3scc(-c4ccc(F)cc4)c23)CC1)N1CCCC1. The monoisotopic (exact) mass is 439 g/mol. The van der Waals surface area contributed by atoms with Gasteiger partial charge in [-0.1, -0.05) is 12.1 Å². The van der Waals surface area contributed by atoms with Gasteiger partial charge in [-0.15, -0.1) is 11.3 Å². The molecule has 3 aromatic rings. The highest BCUT2D eigenvalue weighted by Gasteiger charge is 2.24. The number of anilines is 1. The molecule has 0 spiro atoms. The molecule has 2 aliphatic rings. The summed E-state index contributed by atoms with van der Waals surface area (Å²) in [7, 11) is 0. The van der Waals surface area contributed by atoms with Gasteiger partial charge in [-0.2, -0.15) is 0 Å². The van der Waals surface area contributed by atoms with E-state index in [-0.39, 0.29) is 11.7 Å². The number of hydrogen-bond donors (Lipinski definition) is 0. The van der Waals surface area contributed by atoms with E-state index >= 15 is 0 Å². The molecule has 5 rings (SSSR count).